The molecule has 0 atom stereocenters. The predicted octanol–water partition coefficient (Wildman–Crippen LogP) is 3.93. The van der Waals surface area contributed by atoms with Crippen LogP contribution in [0, 0.1) is 0 Å². The van der Waals surface area contributed by atoms with Crippen molar-refractivity contribution < 1.29 is 9.59 Å². The number of ketones is 2. The van der Waals surface area contributed by atoms with Crippen LogP contribution < -0.4 is 0 Å². The van der Waals surface area contributed by atoms with Crippen molar-refractivity contribution in [3.05, 3.63) is 71.8 Å². The van der Waals surface area contributed by atoms with Crippen LogP contribution in [0.3, 0.4) is 0 Å². The molecule has 0 amide bonds. The van der Waals surface area contributed by atoms with Crippen LogP contribution >= 0.6 is 0 Å². The molecule has 0 aromatic heterocycles. The Morgan fingerprint density at radius 2 is 1.35 bits per heavy atom. The maximum absolute atomic E-state index is 12.1. The lowest BCUT2D eigenvalue weighted by molar-refractivity contribution is 0.0995. The third kappa shape index (κ3) is 1.45. The molecular weight excluding hydrogens is 248 g/mol. The van der Waals surface area contributed by atoms with Gasteiger partial charge in [0.05, 0.1) is 0 Å². The number of rotatable bonds is 0. The Labute approximate surface area is 115 Å². The van der Waals surface area contributed by atoms with E-state index in [9.17, 15) is 9.59 Å². The summed E-state index contributed by atoms with van der Waals surface area (Å²) in [7, 11) is 0. The zero-order chi connectivity index (χ0) is 13.7. The summed E-state index contributed by atoms with van der Waals surface area (Å²) in [5, 5.41) is 4.04. The van der Waals surface area contributed by atoms with Gasteiger partial charge in [-0.25, -0.2) is 0 Å². The maximum atomic E-state index is 12.1. The second kappa shape index (κ2) is 3.87. The lowest BCUT2D eigenvalue weighted by atomic mass is 9.89. The first kappa shape index (κ1) is 11.1. The second-order valence-corrected chi connectivity index (χ2v) is 4.97. The van der Waals surface area contributed by atoms with Gasteiger partial charge in [-0.05, 0) is 51.9 Å². The van der Waals surface area contributed by atoms with E-state index in [-0.39, 0.29) is 11.6 Å². The van der Waals surface area contributed by atoms with Crippen molar-refractivity contribution in [2.24, 2.45) is 0 Å². The van der Waals surface area contributed by atoms with Crippen molar-refractivity contribution in [1.82, 2.24) is 0 Å². The van der Waals surface area contributed by atoms with Gasteiger partial charge in [0.25, 0.3) is 0 Å². The van der Waals surface area contributed by atoms with Gasteiger partial charge in [0.1, 0.15) is 0 Å². The van der Waals surface area contributed by atoms with Crippen molar-refractivity contribution in [2.75, 3.05) is 0 Å². The molecule has 0 fully saturated rings. The lowest BCUT2D eigenvalue weighted by Gasteiger charge is -2.13. The van der Waals surface area contributed by atoms with Crippen LogP contribution in [0.5, 0.6) is 0 Å². The fraction of sp³-hybridized carbons (Fsp3) is 0. The molecule has 0 radical (unpaired) electrons. The van der Waals surface area contributed by atoms with E-state index >= 15 is 0 Å². The molecule has 2 nitrogen and oxygen atoms in total. The quantitative estimate of drug-likeness (QED) is 0.572. The minimum absolute atomic E-state index is 0.0968. The summed E-state index contributed by atoms with van der Waals surface area (Å²) in [6, 6.07) is 15.7. The molecule has 0 unspecified atom stereocenters. The summed E-state index contributed by atoms with van der Waals surface area (Å²) in [6.07, 6.45) is 2.71. The molecule has 3 aromatic carbocycles. The molecule has 20 heavy (non-hydrogen) atoms. The van der Waals surface area contributed by atoms with Crippen molar-refractivity contribution in [3.63, 3.8) is 0 Å². The molecule has 0 saturated carbocycles. The van der Waals surface area contributed by atoms with E-state index in [1.54, 1.807) is 6.07 Å². The predicted molar refractivity (Wildman–Crippen MR) is 79.3 cm³/mol. The molecule has 0 spiro atoms. The highest BCUT2D eigenvalue weighted by molar-refractivity contribution is 6.27. The fourth-order valence-corrected chi connectivity index (χ4v) is 2.81. The highest BCUT2D eigenvalue weighted by Gasteiger charge is 2.21. The Morgan fingerprint density at radius 3 is 2.15 bits per heavy atom. The number of carbonyl (C=O) groups excluding carboxylic acids is 2. The molecule has 94 valence electrons. The Morgan fingerprint density at radius 1 is 0.650 bits per heavy atom. The highest BCUT2D eigenvalue weighted by atomic mass is 16.1. The van der Waals surface area contributed by atoms with Gasteiger partial charge in [-0.2, -0.15) is 0 Å². The van der Waals surface area contributed by atoms with Gasteiger partial charge >= 0.3 is 0 Å². The van der Waals surface area contributed by atoms with E-state index in [0.29, 0.717) is 11.1 Å². The highest BCUT2D eigenvalue weighted by Crippen LogP contribution is 2.30. The Kier molecular flexibility index (Phi) is 2.15. The number of benzene rings is 3. The lowest BCUT2D eigenvalue weighted by Crippen LogP contribution is -2.11. The molecule has 0 aliphatic heterocycles. The maximum Gasteiger partial charge on any atom is 0.187 e. The fourth-order valence-electron chi connectivity index (χ4n) is 2.81. The van der Waals surface area contributed by atoms with E-state index in [1.807, 2.05) is 36.4 Å². The van der Waals surface area contributed by atoms with E-state index in [0.717, 1.165) is 21.5 Å². The number of hydrogen-bond acceptors (Lipinski definition) is 2. The largest absolute Gasteiger partial charge is 0.289 e. The summed E-state index contributed by atoms with van der Waals surface area (Å²) in [5.74, 6) is -0.199. The number of carbonyl (C=O) groups is 2. The summed E-state index contributed by atoms with van der Waals surface area (Å²) in [5.41, 5.74) is 1.03. The molecule has 0 saturated heterocycles. The molecule has 0 N–H and O–H groups in total. The molecule has 1 aliphatic rings. The van der Waals surface area contributed by atoms with Crippen molar-refractivity contribution in [2.45, 2.75) is 0 Å². The Bertz CT molecular complexity index is 933. The summed E-state index contributed by atoms with van der Waals surface area (Å²) in [4.78, 5) is 24.0. The van der Waals surface area contributed by atoms with E-state index < -0.39 is 0 Å². The van der Waals surface area contributed by atoms with Crippen molar-refractivity contribution >= 4 is 33.1 Å². The average molecular weight is 258 g/mol. The van der Waals surface area contributed by atoms with E-state index in [4.69, 9.17) is 0 Å². The first-order valence-corrected chi connectivity index (χ1v) is 6.46. The second-order valence-electron chi connectivity index (χ2n) is 4.97. The Balaban J connectivity index is 2.19. The summed E-state index contributed by atoms with van der Waals surface area (Å²) in [6.45, 7) is 0. The van der Waals surface area contributed by atoms with Gasteiger partial charge in [-0.15, -0.1) is 0 Å². The van der Waals surface area contributed by atoms with Gasteiger partial charge in [0.2, 0.25) is 0 Å². The summed E-state index contributed by atoms with van der Waals surface area (Å²) >= 11 is 0. The number of allylic oxidation sites excluding steroid dienone is 2. The third-order valence-electron chi connectivity index (χ3n) is 3.78. The van der Waals surface area contributed by atoms with Gasteiger partial charge < -0.3 is 0 Å². The first-order valence-electron chi connectivity index (χ1n) is 6.46. The van der Waals surface area contributed by atoms with Crippen molar-refractivity contribution in [1.29, 1.82) is 0 Å². The SMILES string of the molecule is O=C1C=CC(=O)c2c1ccc1cc3ccccc3cc21. The van der Waals surface area contributed by atoms with Crippen LogP contribution in [0.25, 0.3) is 21.5 Å². The van der Waals surface area contributed by atoms with Gasteiger partial charge in [0, 0.05) is 11.1 Å². The number of fused-ring (bicyclic) bond motifs is 4. The van der Waals surface area contributed by atoms with E-state index in [2.05, 4.69) is 6.07 Å². The smallest absolute Gasteiger partial charge is 0.187 e. The average Bonchev–Trinajstić information content (AvgIpc) is 2.48. The van der Waals surface area contributed by atoms with Crippen LogP contribution in [-0.4, -0.2) is 11.6 Å². The van der Waals surface area contributed by atoms with Gasteiger partial charge in [0.15, 0.2) is 11.6 Å². The molecule has 0 bridgehead atoms. The monoisotopic (exact) mass is 258 g/mol. The number of hydrogen-bond donors (Lipinski definition) is 0. The molecule has 0 heterocycles. The standard InChI is InChI=1S/C18H10O2/c19-16-7-8-17(20)18-14(16)6-5-13-9-11-3-1-2-4-12(11)10-15(13)18/h1-10H. The summed E-state index contributed by atoms with van der Waals surface area (Å²) < 4.78 is 0. The van der Waals surface area contributed by atoms with Crippen LogP contribution in [0.15, 0.2) is 60.7 Å². The molecule has 4 rings (SSSR count). The van der Waals surface area contributed by atoms with Crippen LogP contribution in [0.2, 0.25) is 0 Å². The van der Waals surface area contributed by atoms with Gasteiger partial charge in [-0.1, -0.05) is 30.3 Å². The minimum atomic E-state index is -0.102. The van der Waals surface area contributed by atoms with Crippen LogP contribution in [-0.2, 0) is 0 Å². The minimum Gasteiger partial charge on any atom is -0.289 e. The van der Waals surface area contributed by atoms with Crippen LogP contribution in [0.1, 0.15) is 20.7 Å². The van der Waals surface area contributed by atoms with Gasteiger partial charge in [-0.3, -0.25) is 9.59 Å². The normalized spacial score (nSPS) is 14.0. The molecular formula is C18H10O2. The molecule has 3 aromatic rings. The topological polar surface area (TPSA) is 34.1 Å². The zero-order valence-electron chi connectivity index (χ0n) is 10.6. The van der Waals surface area contributed by atoms with Crippen LogP contribution in [0.4, 0.5) is 0 Å². The third-order valence-corrected chi connectivity index (χ3v) is 3.78. The van der Waals surface area contributed by atoms with Crippen molar-refractivity contribution in [3.8, 4) is 0 Å². The molecule has 1 aliphatic carbocycles. The Hall–Kier alpha value is -2.74. The molecule has 2 heteroatoms. The first-order chi connectivity index (χ1) is 9.74. The van der Waals surface area contributed by atoms with E-state index in [1.165, 1.54) is 12.2 Å². The zero-order valence-corrected chi connectivity index (χ0v) is 10.6.